The van der Waals surface area contributed by atoms with E-state index in [0.29, 0.717) is 5.41 Å². The van der Waals surface area contributed by atoms with Crippen LogP contribution in [0.25, 0.3) is 0 Å². The highest BCUT2D eigenvalue weighted by Gasteiger charge is 2.47. The van der Waals surface area contributed by atoms with E-state index in [4.69, 9.17) is 0 Å². The molecule has 0 aromatic carbocycles. The summed E-state index contributed by atoms with van der Waals surface area (Å²) >= 11 is 0. The molecule has 68 valence electrons. The zero-order chi connectivity index (χ0) is 8.60. The lowest BCUT2D eigenvalue weighted by molar-refractivity contribution is 0.219. The van der Waals surface area contributed by atoms with E-state index >= 15 is 0 Å². The third kappa shape index (κ3) is 1.12. The molecule has 2 aliphatic carbocycles. The van der Waals surface area contributed by atoms with Crippen LogP contribution >= 0.6 is 0 Å². The molecule has 2 atom stereocenters. The minimum absolute atomic E-state index is 0.647. The first-order valence-corrected chi connectivity index (χ1v) is 5.49. The van der Waals surface area contributed by atoms with Crippen molar-refractivity contribution in [1.29, 1.82) is 0 Å². The van der Waals surface area contributed by atoms with Crippen LogP contribution in [0.2, 0.25) is 0 Å². The van der Waals surface area contributed by atoms with Crippen molar-refractivity contribution < 1.29 is 0 Å². The van der Waals surface area contributed by atoms with Crippen molar-refractivity contribution in [2.24, 2.45) is 11.3 Å². The van der Waals surface area contributed by atoms with Gasteiger partial charge in [-0.1, -0.05) is 37.8 Å². The average molecular weight is 164 g/mol. The number of rotatable bonds is 2. The first-order chi connectivity index (χ1) is 5.79. The van der Waals surface area contributed by atoms with Gasteiger partial charge in [-0.3, -0.25) is 0 Å². The Hall–Kier alpha value is -0.260. The van der Waals surface area contributed by atoms with Crippen LogP contribution in [-0.2, 0) is 0 Å². The second kappa shape index (κ2) is 2.90. The van der Waals surface area contributed by atoms with Gasteiger partial charge in [0.05, 0.1) is 0 Å². The molecule has 0 aromatic rings. The Labute approximate surface area is 76.1 Å². The second-order valence-electron chi connectivity index (χ2n) is 4.60. The van der Waals surface area contributed by atoms with Crippen molar-refractivity contribution in [3.8, 4) is 0 Å². The monoisotopic (exact) mass is 164 g/mol. The molecule has 0 heteroatoms. The molecule has 2 aliphatic rings. The van der Waals surface area contributed by atoms with Gasteiger partial charge >= 0.3 is 0 Å². The predicted molar refractivity (Wildman–Crippen MR) is 53.1 cm³/mol. The summed E-state index contributed by atoms with van der Waals surface area (Å²) in [6.07, 6.45) is 11.3. The molecule has 0 N–H and O–H groups in total. The lowest BCUT2D eigenvalue weighted by Gasteiger charge is -2.33. The Balaban J connectivity index is 2.00. The minimum Gasteiger partial charge on any atom is -0.0742 e. The molecule has 0 radical (unpaired) electrons. The summed E-state index contributed by atoms with van der Waals surface area (Å²) in [6.45, 7) is 4.65. The molecule has 2 rings (SSSR count). The van der Waals surface area contributed by atoms with Gasteiger partial charge in [-0.05, 0) is 32.1 Å². The highest BCUT2D eigenvalue weighted by molar-refractivity contribution is 5.38. The van der Waals surface area contributed by atoms with Gasteiger partial charge in [0.2, 0.25) is 0 Å². The van der Waals surface area contributed by atoms with E-state index in [1.54, 1.807) is 5.57 Å². The van der Waals surface area contributed by atoms with Crippen LogP contribution in [0.3, 0.4) is 0 Å². The van der Waals surface area contributed by atoms with Gasteiger partial charge in [0.25, 0.3) is 0 Å². The Morgan fingerprint density at radius 2 is 2.25 bits per heavy atom. The molecule has 1 fully saturated rings. The quantitative estimate of drug-likeness (QED) is 0.543. The predicted octanol–water partition coefficient (Wildman–Crippen LogP) is 3.92. The second-order valence-corrected chi connectivity index (χ2v) is 4.60. The van der Waals surface area contributed by atoms with Gasteiger partial charge in [0.1, 0.15) is 0 Å². The molecule has 0 heterocycles. The maximum atomic E-state index is 2.53. The van der Waals surface area contributed by atoms with Crippen LogP contribution < -0.4 is 0 Å². The summed E-state index contributed by atoms with van der Waals surface area (Å²) in [5, 5.41) is 0. The van der Waals surface area contributed by atoms with Gasteiger partial charge in [0, 0.05) is 5.41 Å². The lowest BCUT2D eigenvalue weighted by atomic mass is 9.71. The third-order valence-electron chi connectivity index (χ3n) is 3.88. The molecule has 0 saturated heterocycles. The summed E-state index contributed by atoms with van der Waals surface area (Å²) in [7, 11) is 0. The van der Waals surface area contributed by atoms with Crippen molar-refractivity contribution in [2.75, 3.05) is 0 Å². The van der Waals surface area contributed by atoms with Gasteiger partial charge in [-0.15, -0.1) is 0 Å². The van der Waals surface area contributed by atoms with Crippen LogP contribution in [0.5, 0.6) is 0 Å². The molecule has 1 saturated carbocycles. The van der Waals surface area contributed by atoms with Crippen molar-refractivity contribution in [3.63, 3.8) is 0 Å². The molecule has 2 unspecified atom stereocenters. The van der Waals surface area contributed by atoms with Gasteiger partial charge in [-0.25, -0.2) is 0 Å². The van der Waals surface area contributed by atoms with E-state index < -0.39 is 0 Å². The highest BCUT2D eigenvalue weighted by atomic mass is 14.5. The average Bonchev–Trinajstić information content (AvgIpc) is 2.69. The SMILES string of the molecule is CCCC1CCCCC12C=C2C. The van der Waals surface area contributed by atoms with E-state index in [9.17, 15) is 0 Å². The summed E-state index contributed by atoms with van der Waals surface area (Å²) in [5.41, 5.74) is 2.34. The van der Waals surface area contributed by atoms with Gasteiger partial charge in [-0.2, -0.15) is 0 Å². The molecule has 0 aliphatic heterocycles. The standard InChI is InChI=1S/C12H20/c1-3-6-11-7-4-5-8-12(11)9-10(12)2/h9,11H,3-8H2,1-2H3. The summed E-state index contributed by atoms with van der Waals surface area (Å²) < 4.78 is 0. The third-order valence-corrected chi connectivity index (χ3v) is 3.88. The summed E-state index contributed by atoms with van der Waals surface area (Å²) in [5.74, 6) is 1.01. The highest BCUT2D eigenvalue weighted by Crippen LogP contribution is 2.58. The van der Waals surface area contributed by atoms with E-state index in [1.165, 1.54) is 38.5 Å². The van der Waals surface area contributed by atoms with Crippen LogP contribution in [0.15, 0.2) is 11.6 Å². The van der Waals surface area contributed by atoms with Crippen LogP contribution in [0, 0.1) is 11.3 Å². The van der Waals surface area contributed by atoms with Gasteiger partial charge in [0.15, 0.2) is 0 Å². The molecule has 0 bridgehead atoms. The van der Waals surface area contributed by atoms with Crippen LogP contribution in [-0.4, -0.2) is 0 Å². The maximum Gasteiger partial charge on any atom is 0.0119 e. The van der Waals surface area contributed by atoms with Crippen molar-refractivity contribution in [1.82, 2.24) is 0 Å². The first kappa shape index (κ1) is 8.34. The lowest BCUT2D eigenvalue weighted by Crippen LogP contribution is -2.23. The van der Waals surface area contributed by atoms with E-state index in [2.05, 4.69) is 19.9 Å². The van der Waals surface area contributed by atoms with Crippen molar-refractivity contribution in [3.05, 3.63) is 11.6 Å². The molecule has 0 amide bonds. The fourth-order valence-electron chi connectivity index (χ4n) is 3.08. The maximum absolute atomic E-state index is 2.53. The zero-order valence-electron chi connectivity index (χ0n) is 8.40. The Morgan fingerprint density at radius 3 is 2.83 bits per heavy atom. The summed E-state index contributed by atoms with van der Waals surface area (Å²) in [4.78, 5) is 0. The van der Waals surface area contributed by atoms with Crippen molar-refractivity contribution in [2.45, 2.75) is 52.4 Å². The summed E-state index contributed by atoms with van der Waals surface area (Å²) in [6, 6.07) is 0. The molecule has 0 nitrogen and oxygen atoms in total. The van der Waals surface area contributed by atoms with Gasteiger partial charge < -0.3 is 0 Å². The minimum atomic E-state index is 0.647. The Kier molecular flexibility index (Phi) is 2.02. The number of allylic oxidation sites excluding steroid dienone is 2. The smallest absolute Gasteiger partial charge is 0.0119 e. The number of hydrogen-bond acceptors (Lipinski definition) is 0. The van der Waals surface area contributed by atoms with E-state index in [1.807, 2.05) is 0 Å². The molecule has 0 aromatic heterocycles. The molecular weight excluding hydrogens is 144 g/mol. The topological polar surface area (TPSA) is 0 Å². The zero-order valence-corrected chi connectivity index (χ0v) is 8.40. The Bertz CT molecular complexity index is 200. The molecule has 1 spiro atoms. The molecular formula is C12H20. The Morgan fingerprint density at radius 1 is 1.50 bits per heavy atom. The largest absolute Gasteiger partial charge is 0.0742 e. The number of hydrogen-bond donors (Lipinski definition) is 0. The first-order valence-electron chi connectivity index (χ1n) is 5.49. The molecule has 12 heavy (non-hydrogen) atoms. The normalized spacial score (nSPS) is 39.8. The van der Waals surface area contributed by atoms with Crippen LogP contribution in [0.4, 0.5) is 0 Å². The van der Waals surface area contributed by atoms with E-state index in [-0.39, 0.29) is 0 Å². The fourth-order valence-corrected chi connectivity index (χ4v) is 3.08. The van der Waals surface area contributed by atoms with Crippen molar-refractivity contribution >= 4 is 0 Å². The van der Waals surface area contributed by atoms with E-state index in [0.717, 1.165) is 5.92 Å². The fraction of sp³-hybridized carbons (Fsp3) is 0.833. The van der Waals surface area contributed by atoms with Crippen LogP contribution in [0.1, 0.15) is 52.4 Å².